The zero-order valence-electron chi connectivity index (χ0n) is 8.21. The van der Waals surface area contributed by atoms with Crippen molar-refractivity contribution in [2.75, 3.05) is 19.6 Å². The van der Waals surface area contributed by atoms with E-state index in [1.54, 1.807) is 0 Å². The lowest BCUT2D eigenvalue weighted by Crippen LogP contribution is -2.51. The maximum atomic E-state index is 3.47. The highest BCUT2D eigenvalue weighted by Crippen LogP contribution is 2.29. The second-order valence-electron chi connectivity index (χ2n) is 4.48. The number of fused-ring (bicyclic) bond motifs is 1. The second kappa shape index (κ2) is 3.35. The molecule has 2 aliphatic rings. The van der Waals surface area contributed by atoms with Gasteiger partial charge in [0.2, 0.25) is 0 Å². The van der Waals surface area contributed by atoms with Crippen LogP contribution in [0, 0.1) is 5.92 Å². The number of nitrogens with zero attached hydrogens (tertiary/aromatic N) is 1. The fourth-order valence-corrected chi connectivity index (χ4v) is 2.73. The van der Waals surface area contributed by atoms with Gasteiger partial charge in [-0.2, -0.15) is 0 Å². The van der Waals surface area contributed by atoms with E-state index >= 15 is 0 Å². The molecule has 0 saturated carbocycles. The van der Waals surface area contributed by atoms with Gasteiger partial charge >= 0.3 is 0 Å². The molecule has 0 radical (unpaired) electrons. The van der Waals surface area contributed by atoms with Gasteiger partial charge in [0.05, 0.1) is 0 Å². The summed E-state index contributed by atoms with van der Waals surface area (Å²) >= 11 is 0. The van der Waals surface area contributed by atoms with E-state index in [1.165, 1.54) is 32.5 Å². The maximum absolute atomic E-state index is 3.47. The van der Waals surface area contributed by atoms with Crippen molar-refractivity contribution >= 4 is 0 Å². The molecule has 0 bridgehead atoms. The summed E-state index contributed by atoms with van der Waals surface area (Å²) in [5.74, 6) is 0.841. The van der Waals surface area contributed by atoms with Crippen LogP contribution in [0.3, 0.4) is 0 Å². The van der Waals surface area contributed by atoms with Crippen LogP contribution in [-0.4, -0.2) is 36.6 Å². The summed E-state index contributed by atoms with van der Waals surface area (Å²) < 4.78 is 0. The summed E-state index contributed by atoms with van der Waals surface area (Å²) in [5, 5.41) is 3.47. The standard InChI is InChI=1S/C10H20N2/c1-8(2)10-4-3-9-7-11-5-6-12(9)10/h8-11H,3-7H2,1-2H3. The molecule has 2 nitrogen and oxygen atoms in total. The number of hydrogen-bond donors (Lipinski definition) is 1. The summed E-state index contributed by atoms with van der Waals surface area (Å²) in [5.41, 5.74) is 0. The molecule has 12 heavy (non-hydrogen) atoms. The quantitative estimate of drug-likeness (QED) is 0.630. The van der Waals surface area contributed by atoms with Crippen LogP contribution in [-0.2, 0) is 0 Å². The topological polar surface area (TPSA) is 15.3 Å². The van der Waals surface area contributed by atoms with E-state index in [9.17, 15) is 0 Å². The Labute approximate surface area is 75.3 Å². The predicted molar refractivity (Wildman–Crippen MR) is 51.2 cm³/mol. The monoisotopic (exact) mass is 168 g/mol. The molecule has 70 valence electrons. The van der Waals surface area contributed by atoms with Gasteiger partial charge in [0.1, 0.15) is 0 Å². The molecule has 2 saturated heterocycles. The van der Waals surface area contributed by atoms with Crippen molar-refractivity contribution in [1.82, 2.24) is 10.2 Å². The Hall–Kier alpha value is -0.0800. The van der Waals surface area contributed by atoms with Crippen LogP contribution >= 0.6 is 0 Å². The van der Waals surface area contributed by atoms with Crippen LogP contribution < -0.4 is 5.32 Å². The minimum atomic E-state index is 0.841. The van der Waals surface area contributed by atoms with Crippen LogP contribution in [0.25, 0.3) is 0 Å². The van der Waals surface area contributed by atoms with E-state index in [0.29, 0.717) is 0 Å². The Morgan fingerprint density at radius 2 is 2.17 bits per heavy atom. The lowest BCUT2D eigenvalue weighted by Gasteiger charge is -2.36. The van der Waals surface area contributed by atoms with Gasteiger partial charge in [-0.3, -0.25) is 4.90 Å². The lowest BCUT2D eigenvalue weighted by atomic mass is 10.0. The molecule has 2 rings (SSSR count). The first-order chi connectivity index (χ1) is 5.79. The average molecular weight is 168 g/mol. The molecule has 0 spiro atoms. The fourth-order valence-electron chi connectivity index (χ4n) is 2.73. The highest BCUT2D eigenvalue weighted by molar-refractivity contribution is 4.92. The van der Waals surface area contributed by atoms with E-state index in [-0.39, 0.29) is 0 Å². The summed E-state index contributed by atoms with van der Waals surface area (Å²) in [6.45, 7) is 8.40. The Kier molecular flexibility index (Phi) is 2.37. The van der Waals surface area contributed by atoms with Crippen LogP contribution in [0.2, 0.25) is 0 Å². The molecule has 2 unspecified atom stereocenters. The third-order valence-electron chi connectivity index (χ3n) is 3.39. The van der Waals surface area contributed by atoms with E-state index in [2.05, 4.69) is 24.1 Å². The Bertz CT molecular complexity index is 156. The molecule has 0 aromatic rings. The Morgan fingerprint density at radius 3 is 2.92 bits per heavy atom. The second-order valence-corrected chi connectivity index (χ2v) is 4.48. The average Bonchev–Trinajstić information content (AvgIpc) is 2.47. The number of nitrogens with one attached hydrogen (secondary N) is 1. The Balaban J connectivity index is 2.01. The maximum Gasteiger partial charge on any atom is 0.0224 e. The highest BCUT2D eigenvalue weighted by Gasteiger charge is 2.35. The van der Waals surface area contributed by atoms with Crippen LogP contribution in [0.4, 0.5) is 0 Å². The molecule has 0 aliphatic carbocycles. The molecule has 2 heteroatoms. The van der Waals surface area contributed by atoms with Gasteiger partial charge in [-0.05, 0) is 18.8 Å². The zero-order chi connectivity index (χ0) is 8.55. The smallest absolute Gasteiger partial charge is 0.0224 e. The van der Waals surface area contributed by atoms with Crippen molar-refractivity contribution in [3.8, 4) is 0 Å². The van der Waals surface area contributed by atoms with Crippen molar-refractivity contribution in [2.24, 2.45) is 5.92 Å². The van der Waals surface area contributed by atoms with Crippen LogP contribution in [0.1, 0.15) is 26.7 Å². The normalized spacial score (nSPS) is 37.2. The summed E-state index contributed by atoms with van der Waals surface area (Å²) in [7, 11) is 0. The van der Waals surface area contributed by atoms with Crippen molar-refractivity contribution in [3.05, 3.63) is 0 Å². The molecule has 1 N–H and O–H groups in total. The van der Waals surface area contributed by atoms with E-state index in [1.807, 2.05) is 0 Å². The molecule has 0 aromatic carbocycles. The third kappa shape index (κ3) is 1.38. The lowest BCUT2D eigenvalue weighted by molar-refractivity contribution is 0.134. The number of hydrogen-bond acceptors (Lipinski definition) is 2. The molecule has 2 heterocycles. The molecular formula is C10H20N2. The molecule has 2 fully saturated rings. The largest absolute Gasteiger partial charge is 0.314 e. The number of rotatable bonds is 1. The van der Waals surface area contributed by atoms with Crippen molar-refractivity contribution in [1.29, 1.82) is 0 Å². The van der Waals surface area contributed by atoms with Gasteiger partial charge in [0.25, 0.3) is 0 Å². The van der Waals surface area contributed by atoms with Crippen molar-refractivity contribution in [3.63, 3.8) is 0 Å². The molecule has 2 atom stereocenters. The first kappa shape index (κ1) is 8.52. The van der Waals surface area contributed by atoms with E-state index < -0.39 is 0 Å². The summed E-state index contributed by atoms with van der Waals surface area (Å²) in [6.07, 6.45) is 2.83. The van der Waals surface area contributed by atoms with Gasteiger partial charge in [-0.15, -0.1) is 0 Å². The van der Waals surface area contributed by atoms with Gasteiger partial charge in [0.15, 0.2) is 0 Å². The van der Waals surface area contributed by atoms with E-state index in [0.717, 1.165) is 18.0 Å². The fraction of sp³-hybridized carbons (Fsp3) is 1.00. The van der Waals surface area contributed by atoms with Gasteiger partial charge in [-0.1, -0.05) is 13.8 Å². The molecule has 0 amide bonds. The molecule has 2 aliphatic heterocycles. The van der Waals surface area contributed by atoms with Crippen LogP contribution in [0.5, 0.6) is 0 Å². The minimum absolute atomic E-state index is 0.841. The van der Waals surface area contributed by atoms with Crippen LogP contribution in [0.15, 0.2) is 0 Å². The van der Waals surface area contributed by atoms with E-state index in [4.69, 9.17) is 0 Å². The molecular weight excluding hydrogens is 148 g/mol. The van der Waals surface area contributed by atoms with Gasteiger partial charge < -0.3 is 5.32 Å². The predicted octanol–water partition coefficient (Wildman–Crippen LogP) is 1.08. The Morgan fingerprint density at radius 1 is 1.33 bits per heavy atom. The number of piperazine rings is 1. The van der Waals surface area contributed by atoms with Crippen molar-refractivity contribution < 1.29 is 0 Å². The highest BCUT2D eigenvalue weighted by atomic mass is 15.3. The third-order valence-corrected chi connectivity index (χ3v) is 3.39. The minimum Gasteiger partial charge on any atom is -0.314 e. The van der Waals surface area contributed by atoms with Gasteiger partial charge in [-0.25, -0.2) is 0 Å². The summed E-state index contributed by atoms with van der Waals surface area (Å²) in [4.78, 5) is 2.72. The molecule has 0 aromatic heterocycles. The summed E-state index contributed by atoms with van der Waals surface area (Å²) in [6, 6.07) is 1.73. The first-order valence-corrected chi connectivity index (χ1v) is 5.25. The van der Waals surface area contributed by atoms with Gasteiger partial charge in [0, 0.05) is 31.7 Å². The van der Waals surface area contributed by atoms with Crippen molar-refractivity contribution in [2.45, 2.75) is 38.8 Å². The SMILES string of the molecule is CC(C)C1CCC2CNCCN21. The zero-order valence-corrected chi connectivity index (χ0v) is 8.21. The first-order valence-electron chi connectivity index (χ1n) is 5.25.